The quantitative estimate of drug-likeness (QED) is 0.720. The average molecular weight is 416 g/mol. The number of benzene rings is 1. The van der Waals surface area contributed by atoms with E-state index in [1.54, 1.807) is 0 Å². The molecule has 0 aliphatic carbocycles. The second kappa shape index (κ2) is 7.45. The Balaban J connectivity index is 1.87. The van der Waals surface area contributed by atoms with Crippen molar-refractivity contribution < 1.29 is 31.2 Å². The number of alkyl halides is 4. The van der Waals surface area contributed by atoms with Crippen molar-refractivity contribution in [3.05, 3.63) is 47.4 Å². The van der Waals surface area contributed by atoms with Crippen molar-refractivity contribution >= 4 is 17.4 Å². The third-order valence-corrected chi connectivity index (χ3v) is 4.79. The first-order chi connectivity index (χ1) is 13.6. The minimum atomic E-state index is -2.98. The monoisotopic (exact) mass is 416 g/mol. The zero-order chi connectivity index (χ0) is 21.4. The normalized spacial score (nSPS) is 24.4. The van der Waals surface area contributed by atoms with Crippen molar-refractivity contribution in [1.82, 2.24) is 4.98 Å². The van der Waals surface area contributed by atoms with Crippen LogP contribution >= 0.6 is 0 Å². The fourth-order valence-corrected chi connectivity index (χ4v) is 3.02. The van der Waals surface area contributed by atoms with Crippen molar-refractivity contribution in [2.75, 3.05) is 12.0 Å². The van der Waals surface area contributed by atoms with Gasteiger partial charge in [-0.3, -0.25) is 9.79 Å². The molecule has 0 bridgehead atoms. The van der Waals surface area contributed by atoms with Gasteiger partial charge in [0.2, 0.25) is 0 Å². The van der Waals surface area contributed by atoms with Gasteiger partial charge in [0.1, 0.15) is 24.6 Å². The first-order valence-corrected chi connectivity index (χ1v) is 8.53. The van der Waals surface area contributed by atoms with Crippen LogP contribution in [0.4, 0.5) is 27.6 Å². The maximum Gasteiger partial charge on any atom is 0.313 e. The molecule has 29 heavy (non-hydrogen) atoms. The van der Waals surface area contributed by atoms with Gasteiger partial charge in [0.25, 0.3) is 11.8 Å². The van der Waals surface area contributed by atoms with Gasteiger partial charge in [0.15, 0.2) is 11.4 Å². The minimum absolute atomic E-state index is 0.00702. The van der Waals surface area contributed by atoms with Crippen molar-refractivity contribution in [3.63, 3.8) is 0 Å². The van der Waals surface area contributed by atoms with E-state index in [1.165, 1.54) is 19.1 Å². The molecule has 2 aromatic rings. The summed E-state index contributed by atoms with van der Waals surface area (Å²) in [5.41, 5.74) is 1.63. The van der Waals surface area contributed by atoms with E-state index in [0.29, 0.717) is 0 Å². The Morgan fingerprint density at radius 2 is 2.10 bits per heavy atom. The van der Waals surface area contributed by atoms with E-state index in [-0.39, 0.29) is 29.8 Å². The van der Waals surface area contributed by atoms with Crippen LogP contribution in [0, 0.1) is 5.82 Å². The van der Waals surface area contributed by atoms with Crippen LogP contribution in [0.2, 0.25) is 0 Å². The second-order valence-electron chi connectivity index (χ2n) is 6.89. The average Bonchev–Trinajstić information content (AvgIpc) is 3.17. The molecule has 1 aromatic carbocycles. The number of carbonyl (C=O) groups is 1. The Bertz CT molecular complexity index is 963. The Morgan fingerprint density at radius 3 is 2.69 bits per heavy atom. The van der Waals surface area contributed by atoms with E-state index in [0.717, 1.165) is 12.3 Å². The first-order valence-electron chi connectivity index (χ1n) is 8.53. The van der Waals surface area contributed by atoms with E-state index in [1.807, 2.05) is 0 Å². The smallest absolute Gasteiger partial charge is 0.313 e. The molecule has 0 radical (unpaired) electrons. The number of aliphatic imine (C=N–C) groups is 1. The van der Waals surface area contributed by atoms with Gasteiger partial charge in [0, 0.05) is 11.3 Å². The molecule has 3 rings (SSSR count). The van der Waals surface area contributed by atoms with E-state index < -0.39 is 47.8 Å². The predicted octanol–water partition coefficient (Wildman–Crippen LogP) is 4.05. The van der Waals surface area contributed by atoms with Gasteiger partial charge in [-0.05, 0) is 38.0 Å². The second-order valence-corrected chi connectivity index (χ2v) is 6.89. The van der Waals surface area contributed by atoms with Crippen molar-refractivity contribution in [2.45, 2.75) is 37.4 Å². The summed E-state index contributed by atoms with van der Waals surface area (Å²) < 4.78 is 71.3. The van der Waals surface area contributed by atoms with E-state index in [9.17, 15) is 26.7 Å². The molecule has 3 N–H and O–H groups in total. The lowest BCUT2D eigenvalue weighted by Gasteiger charge is -2.36. The van der Waals surface area contributed by atoms with Crippen LogP contribution < -0.4 is 11.1 Å². The number of aromatic nitrogens is 1. The molecule has 2 heterocycles. The number of amidine groups is 1. The van der Waals surface area contributed by atoms with Crippen molar-refractivity contribution in [2.24, 2.45) is 10.7 Å². The van der Waals surface area contributed by atoms with E-state index in [4.69, 9.17) is 5.73 Å². The lowest BCUT2D eigenvalue weighted by Crippen LogP contribution is -2.48. The van der Waals surface area contributed by atoms with E-state index >= 15 is 0 Å². The van der Waals surface area contributed by atoms with Gasteiger partial charge in [-0.1, -0.05) is 0 Å². The predicted molar refractivity (Wildman–Crippen MR) is 93.8 cm³/mol. The summed E-state index contributed by atoms with van der Waals surface area (Å²) in [6, 6.07) is 3.56. The molecule has 0 spiro atoms. The highest BCUT2D eigenvalue weighted by atomic mass is 19.3. The number of rotatable bonds is 5. The molecule has 0 saturated carbocycles. The highest BCUT2D eigenvalue weighted by Gasteiger charge is 2.44. The van der Waals surface area contributed by atoms with Crippen molar-refractivity contribution in [3.8, 4) is 0 Å². The molecule has 0 saturated heterocycles. The minimum Gasteiger partial charge on any atom is -0.443 e. The molecule has 1 aromatic heterocycles. The van der Waals surface area contributed by atoms with Crippen LogP contribution in [-0.4, -0.2) is 29.1 Å². The highest BCUT2D eigenvalue weighted by Crippen LogP contribution is 2.41. The Labute approximate surface area is 162 Å². The fraction of sp³-hybridized carbons (Fsp3) is 0.389. The fourth-order valence-electron chi connectivity index (χ4n) is 3.02. The van der Waals surface area contributed by atoms with Gasteiger partial charge in [0.05, 0.1) is 5.54 Å². The molecule has 0 unspecified atom stereocenters. The molecular formula is C18H17F5N4O2. The molecule has 11 heteroatoms. The summed E-state index contributed by atoms with van der Waals surface area (Å²) in [4.78, 5) is 19.5. The number of nitrogens with zero attached hydrogens (tertiary/aromatic N) is 2. The molecule has 2 atom stereocenters. The van der Waals surface area contributed by atoms with E-state index in [2.05, 4.69) is 19.7 Å². The number of carbonyl (C=O) groups excluding carboxylic acids is 1. The first kappa shape index (κ1) is 20.7. The van der Waals surface area contributed by atoms with Gasteiger partial charge in [-0.2, -0.15) is 8.78 Å². The van der Waals surface area contributed by atoms with Crippen LogP contribution in [0.15, 0.2) is 33.9 Å². The summed E-state index contributed by atoms with van der Waals surface area (Å²) >= 11 is 0. The largest absolute Gasteiger partial charge is 0.443 e. The number of hydrogen-bond donors (Lipinski definition) is 2. The number of anilines is 1. The molecule has 6 nitrogen and oxygen atoms in total. The third kappa shape index (κ3) is 3.94. The topological polar surface area (TPSA) is 93.5 Å². The molecule has 1 aliphatic heterocycles. The van der Waals surface area contributed by atoms with Gasteiger partial charge in [-0.25, -0.2) is 18.2 Å². The summed E-state index contributed by atoms with van der Waals surface area (Å²) in [7, 11) is 0. The lowest BCUT2D eigenvalue weighted by atomic mass is 9.80. The SMILES string of the molecule is C[C@@]1(c2cc(NC(=O)c3coc(C(F)F)n3)ccc2F)CC[C@@](F)(CF)C(N)=N1. The molecule has 1 amide bonds. The molecule has 0 fully saturated rings. The summed E-state index contributed by atoms with van der Waals surface area (Å²) in [6.07, 6.45) is -2.52. The van der Waals surface area contributed by atoms with Crippen LogP contribution in [-0.2, 0) is 5.54 Å². The number of oxazole rings is 1. The lowest BCUT2D eigenvalue weighted by molar-refractivity contribution is 0.102. The van der Waals surface area contributed by atoms with Crippen LogP contribution in [0.1, 0.15) is 48.1 Å². The van der Waals surface area contributed by atoms with Gasteiger partial charge < -0.3 is 15.5 Å². The highest BCUT2D eigenvalue weighted by molar-refractivity contribution is 6.02. The van der Waals surface area contributed by atoms with Crippen LogP contribution in [0.25, 0.3) is 0 Å². The zero-order valence-corrected chi connectivity index (χ0v) is 15.2. The zero-order valence-electron chi connectivity index (χ0n) is 15.2. The van der Waals surface area contributed by atoms with Gasteiger partial charge in [-0.15, -0.1) is 0 Å². The number of hydrogen-bond acceptors (Lipinski definition) is 5. The Hall–Kier alpha value is -2.98. The summed E-state index contributed by atoms with van der Waals surface area (Å²) in [5, 5.41) is 2.39. The summed E-state index contributed by atoms with van der Waals surface area (Å²) in [5.74, 6) is -3.01. The Kier molecular flexibility index (Phi) is 5.33. The molecule has 156 valence electrons. The van der Waals surface area contributed by atoms with Crippen molar-refractivity contribution in [1.29, 1.82) is 0 Å². The molecule has 1 aliphatic rings. The third-order valence-electron chi connectivity index (χ3n) is 4.79. The standard InChI is InChI=1S/C18H17F5N4O2/c1-17(4-5-18(23,8-19)16(24)27-17)10-6-9(2-3-11(10)20)25-14(28)12-7-29-15(26-12)13(21)22/h2-3,6-7,13H,4-5,8H2,1H3,(H2,24,27)(H,25,28)/t17-,18+/m0/s1. The summed E-state index contributed by atoms with van der Waals surface area (Å²) in [6.45, 7) is 0.170. The maximum atomic E-state index is 14.5. The van der Waals surface area contributed by atoms with Crippen LogP contribution in [0.5, 0.6) is 0 Å². The number of halogens is 5. The number of amides is 1. The maximum absolute atomic E-state index is 14.5. The Morgan fingerprint density at radius 1 is 1.38 bits per heavy atom. The molecular weight excluding hydrogens is 399 g/mol. The van der Waals surface area contributed by atoms with Gasteiger partial charge >= 0.3 is 6.43 Å². The number of nitrogens with two attached hydrogens (primary N) is 1. The van der Waals surface area contributed by atoms with Crippen LogP contribution in [0.3, 0.4) is 0 Å². The number of nitrogens with one attached hydrogen (secondary N) is 1.